The first-order chi connectivity index (χ1) is 22.8. The number of carbonyl (C=O) groups excluding carboxylic acids is 3. The number of amides is 3. The highest BCUT2D eigenvalue weighted by molar-refractivity contribution is 6.16. The molecule has 3 amide bonds. The number of ether oxygens (including phenoxy) is 1. The normalized spacial score (nSPS) is 15.7. The molecule has 3 heterocycles. The number of hydrogen-bond acceptors (Lipinski definition) is 6. The molecule has 238 valence electrons. The van der Waals surface area contributed by atoms with Crippen LogP contribution in [-0.4, -0.2) is 50.5 Å². The third-order valence-electron chi connectivity index (χ3n) is 8.98. The SMILES string of the molecule is CC(=O)N1CCC(n2cc(-c3ccc4c(Oc5ccc(NC(=O)C6(C(=O)Nc7ccc(F)cc7)CC6)cc5)ccnc4c3)cn2)CC1. The van der Waals surface area contributed by atoms with E-state index in [1.54, 1.807) is 43.5 Å². The van der Waals surface area contributed by atoms with Crippen LogP contribution in [0.5, 0.6) is 11.5 Å². The second-order valence-electron chi connectivity index (χ2n) is 12.1. The third kappa shape index (κ3) is 6.29. The second-order valence-corrected chi connectivity index (χ2v) is 12.1. The molecule has 10 nitrogen and oxygen atoms in total. The van der Waals surface area contributed by atoms with Crippen LogP contribution in [0.25, 0.3) is 22.0 Å². The van der Waals surface area contributed by atoms with Gasteiger partial charge in [0.1, 0.15) is 22.7 Å². The fraction of sp³-hybridized carbons (Fsp3) is 0.250. The monoisotopic (exact) mass is 632 g/mol. The van der Waals surface area contributed by atoms with Crippen molar-refractivity contribution >= 4 is 40.0 Å². The van der Waals surface area contributed by atoms with Crippen LogP contribution < -0.4 is 15.4 Å². The maximum absolute atomic E-state index is 13.2. The van der Waals surface area contributed by atoms with Crippen LogP contribution in [0.4, 0.5) is 15.8 Å². The van der Waals surface area contributed by atoms with Gasteiger partial charge in [-0.2, -0.15) is 5.10 Å². The van der Waals surface area contributed by atoms with Crippen molar-refractivity contribution in [1.82, 2.24) is 19.7 Å². The number of pyridine rings is 1. The number of likely N-dealkylation sites (tertiary alicyclic amines) is 1. The Balaban J connectivity index is 0.993. The van der Waals surface area contributed by atoms with Crippen molar-refractivity contribution in [3.63, 3.8) is 0 Å². The number of nitrogens with one attached hydrogen (secondary N) is 2. The Hall–Kier alpha value is -5.58. The molecule has 2 fully saturated rings. The summed E-state index contributed by atoms with van der Waals surface area (Å²) in [4.78, 5) is 44.1. The zero-order valence-corrected chi connectivity index (χ0v) is 25.8. The molecule has 0 unspecified atom stereocenters. The summed E-state index contributed by atoms with van der Waals surface area (Å²) < 4.78 is 21.4. The summed E-state index contributed by atoms with van der Waals surface area (Å²) >= 11 is 0. The molecular weight excluding hydrogens is 599 g/mol. The lowest BCUT2D eigenvalue weighted by molar-refractivity contribution is -0.131. The summed E-state index contributed by atoms with van der Waals surface area (Å²) in [5.41, 5.74) is 2.59. The van der Waals surface area contributed by atoms with Gasteiger partial charge in [0.25, 0.3) is 0 Å². The van der Waals surface area contributed by atoms with Crippen LogP contribution >= 0.6 is 0 Å². The fourth-order valence-electron chi connectivity index (χ4n) is 5.97. The molecule has 5 aromatic rings. The molecule has 47 heavy (non-hydrogen) atoms. The first-order valence-electron chi connectivity index (χ1n) is 15.6. The lowest BCUT2D eigenvalue weighted by atomic mass is 10.0. The highest BCUT2D eigenvalue weighted by atomic mass is 19.1. The lowest BCUT2D eigenvalue weighted by Gasteiger charge is -2.31. The van der Waals surface area contributed by atoms with Gasteiger partial charge < -0.3 is 20.3 Å². The van der Waals surface area contributed by atoms with Crippen LogP contribution in [0.3, 0.4) is 0 Å². The van der Waals surface area contributed by atoms with Crippen molar-refractivity contribution in [3.05, 3.63) is 97.2 Å². The maximum atomic E-state index is 13.2. The average Bonchev–Trinajstić information content (AvgIpc) is 3.76. The van der Waals surface area contributed by atoms with Gasteiger partial charge in [0, 0.05) is 54.7 Å². The van der Waals surface area contributed by atoms with Crippen LogP contribution in [-0.2, 0) is 14.4 Å². The van der Waals surface area contributed by atoms with Gasteiger partial charge in [0.15, 0.2) is 0 Å². The molecule has 3 aromatic carbocycles. The van der Waals surface area contributed by atoms with Crippen molar-refractivity contribution in [2.45, 2.75) is 38.6 Å². The Labute approximate surface area is 270 Å². The van der Waals surface area contributed by atoms with Crippen molar-refractivity contribution in [1.29, 1.82) is 0 Å². The van der Waals surface area contributed by atoms with Crippen molar-refractivity contribution in [2.24, 2.45) is 5.41 Å². The molecule has 11 heteroatoms. The molecule has 0 bridgehead atoms. The van der Waals surface area contributed by atoms with Crippen LogP contribution in [0.1, 0.15) is 38.6 Å². The molecule has 2 N–H and O–H groups in total. The smallest absolute Gasteiger partial charge is 0.240 e. The zero-order valence-electron chi connectivity index (χ0n) is 25.8. The van der Waals surface area contributed by atoms with Gasteiger partial charge in [-0.05, 0) is 98.0 Å². The molecule has 1 aliphatic carbocycles. The number of anilines is 2. The largest absolute Gasteiger partial charge is 0.457 e. The quantitative estimate of drug-likeness (QED) is 0.187. The third-order valence-corrected chi connectivity index (χ3v) is 8.98. The molecule has 0 atom stereocenters. The fourth-order valence-corrected chi connectivity index (χ4v) is 5.97. The van der Waals surface area contributed by atoms with Gasteiger partial charge in [0.2, 0.25) is 17.7 Å². The molecule has 1 saturated heterocycles. The van der Waals surface area contributed by atoms with Gasteiger partial charge >= 0.3 is 0 Å². The van der Waals surface area contributed by atoms with E-state index in [1.165, 1.54) is 24.3 Å². The first kappa shape index (κ1) is 30.1. The van der Waals surface area contributed by atoms with Gasteiger partial charge in [-0.15, -0.1) is 0 Å². The molecular formula is C36H33FN6O4. The topological polar surface area (TPSA) is 118 Å². The molecule has 0 radical (unpaired) electrons. The first-order valence-corrected chi connectivity index (χ1v) is 15.6. The van der Waals surface area contributed by atoms with Crippen molar-refractivity contribution in [2.75, 3.05) is 23.7 Å². The van der Waals surface area contributed by atoms with E-state index in [1.807, 2.05) is 34.0 Å². The Bertz CT molecular complexity index is 1960. The van der Waals surface area contributed by atoms with Gasteiger partial charge in [-0.1, -0.05) is 6.07 Å². The van der Waals surface area contributed by atoms with Crippen molar-refractivity contribution in [3.8, 4) is 22.6 Å². The standard InChI is InChI=1S/C36H33FN6O4/c1-23(44)42-18-13-29(14-19-42)43-22-25(21-39-43)24-2-11-31-32(20-24)38-17-12-33(31)47-30-9-7-28(8-10-30)41-35(46)36(15-16-36)34(45)40-27-5-3-26(37)4-6-27/h2-12,17,20-22,29H,13-16,18-19H2,1H3,(H,40,45)(H,41,46). The number of halogens is 1. The number of hydrogen-bond donors (Lipinski definition) is 2. The molecule has 2 aromatic heterocycles. The number of benzene rings is 3. The summed E-state index contributed by atoms with van der Waals surface area (Å²) in [6, 6.07) is 20.5. The summed E-state index contributed by atoms with van der Waals surface area (Å²) in [6.07, 6.45) is 8.26. The van der Waals surface area contributed by atoms with Crippen LogP contribution in [0, 0.1) is 11.2 Å². The van der Waals surface area contributed by atoms with E-state index in [0.29, 0.717) is 35.7 Å². The lowest BCUT2D eigenvalue weighted by Crippen LogP contribution is -2.37. The van der Waals surface area contributed by atoms with Gasteiger partial charge in [0.05, 0.1) is 17.8 Å². The van der Waals surface area contributed by atoms with Crippen LogP contribution in [0.2, 0.25) is 0 Å². The van der Waals surface area contributed by atoms with Crippen LogP contribution in [0.15, 0.2) is 91.4 Å². The van der Waals surface area contributed by atoms with E-state index in [4.69, 9.17) is 4.74 Å². The van der Waals surface area contributed by atoms with E-state index in [2.05, 4.69) is 26.9 Å². The molecule has 1 saturated carbocycles. The Morgan fingerprint density at radius 1 is 0.872 bits per heavy atom. The predicted molar refractivity (Wildman–Crippen MR) is 175 cm³/mol. The number of carbonyl (C=O) groups is 3. The molecule has 0 spiro atoms. The summed E-state index contributed by atoms with van der Waals surface area (Å²) in [7, 11) is 0. The minimum atomic E-state index is -1.15. The van der Waals surface area contributed by atoms with E-state index < -0.39 is 17.1 Å². The number of fused-ring (bicyclic) bond motifs is 1. The second kappa shape index (κ2) is 12.3. The maximum Gasteiger partial charge on any atom is 0.240 e. The van der Waals surface area contributed by atoms with Gasteiger partial charge in [-0.25, -0.2) is 4.39 Å². The molecule has 7 rings (SSSR count). The zero-order chi connectivity index (χ0) is 32.5. The van der Waals surface area contributed by atoms with E-state index in [0.717, 1.165) is 48.0 Å². The Morgan fingerprint density at radius 2 is 1.53 bits per heavy atom. The summed E-state index contributed by atoms with van der Waals surface area (Å²) in [5, 5.41) is 11.0. The van der Waals surface area contributed by atoms with Crippen molar-refractivity contribution < 1.29 is 23.5 Å². The Kier molecular flexibility index (Phi) is 7.88. The minimum absolute atomic E-state index is 0.118. The highest BCUT2D eigenvalue weighted by Crippen LogP contribution is 2.47. The number of rotatable bonds is 8. The number of piperidine rings is 1. The summed E-state index contributed by atoms with van der Waals surface area (Å²) in [5.74, 6) is 0.140. The number of aromatic nitrogens is 3. The highest BCUT2D eigenvalue weighted by Gasteiger charge is 2.56. The Morgan fingerprint density at radius 3 is 2.17 bits per heavy atom. The average molecular weight is 633 g/mol. The van der Waals surface area contributed by atoms with E-state index in [9.17, 15) is 18.8 Å². The van der Waals surface area contributed by atoms with Gasteiger partial charge in [-0.3, -0.25) is 24.0 Å². The van der Waals surface area contributed by atoms with E-state index >= 15 is 0 Å². The number of nitrogens with zero attached hydrogens (tertiary/aromatic N) is 4. The molecule has 2 aliphatic rings. The van der Waals surface area contributed by atoms with E-state index in [-0.39, 0.29) is 17.9 Å². The molecule has 1 aliphatic heterocycles. The predicted octanol–water partition coefficient (Wildman–Crippen LogP) is 6.57. The summed E-state index contributed by atoms with van der Waals surface area (Å²) in [6.45, 7) is 3.10. The minimum Gasteiger partial charge on any atom is -0.457 e.